The second kappa shape index (κ2) is 3.81. The maximum Gasteiger partial charge on any atom is 0.129 e. The molecule has 0 heterocycles. The lowest BCUT2D eigenvalue weighted by atomic mass is 10.0. The first-order valence-electron chi connectivity index (χ1n) is 3.97. The van der Waals surface area contributed by atoms with Crippen LogP contribution in [0.1, 0.15) is 17.2 Å². The molecule has 1 aromatic rings. The second-order valence-electron chi connectivity index (χ2n) is 2.94. The van der Waals surface area contributed by atoms with Gasteiger partial charge in [-0.2, -0.15) is 0 Å². The largest absolute Gasteiger partial charge is 0.329 e. The van der Waals surface area contributed by atoms with Crippen LogP contribution in [-0.2, 0) is 0 Å². The third-order valence-electron chi connectivity index (χ3n) is 2.00. The molecule has 4 N–H and O–H groups in total. The van der Waals surface area contributed by atoms with Crippen molar-refractivity contribution in [2.24, 2.45) is 11.5 Å². The van der Waals surface area contributed by atoms with E-state index in [9.17, 15) is 8.78 Å². The molecule has 4 heteroatoms. The number of rotatable bonds is 2. The number of hydrogen-bond acceptors (Lipinski definition) is 2. The van der Waals surface area contributed by atoms with Gasteiger partial charge in [0.05, 0.1) is 0 Å². The lowest BCUT2D eigenvalue weighted by Crippen LogP contribution is -2.22. The molecule has 0 aliphatic carbocycles. The van der Waals surface area contributed by atoms with Crippen molar-refractivity contribution in [1.29, 1.82) is 0 Å². The molecule has 1 atom stereocenters. The monoisotopic (exact) mass is 186 g/mol. The summed E-state index contributed by atoms with van der Waals surface area (Å²) < 4.78 is 25.8. The van der Waals surface area contributed by atoms with Gasteiger partial charge in [0.1, 0.15) is 11.6 Å². The lowest BCUT2D eigenvalue weighted by Gasteiger charge is -2.12. The third kappa shape index (κ3) is 2.02. The Hall–Kier alpha value is -1.00. The number of hydrogen-bond donors (Lipinski definition) is 2. The van der Waals surface area contributed by atoms with Gasteiger partial charge >= 0.3 is 0 Å². The van der Waals surface area contributed by atoms with Gasteiger partial charge in [-0.3, -0.25) is 0 Å². The van der Waals surface area contributed by atoms with Crippen LogP contribution in [0.4, 0.5) is 8.78 Å². The van der Waals surface area contributed by atoms with Gasteiger partial charge in [0.25, 0.3) is 0 Å². The Morgan fingerprint density at radius 3 is 2.54 bits per heavy atom. The van der Waals surface area contributed by atoms with Gasteiger partial charge in [-0.1, -0.05) is 0 Å². The molecule has 13 heavy (non-hydrogen) atoms. The number of nitrogens with two attached hydrogens (primary N) is 2. The molecule has 2 nitrogen and oxygen atoms in total. The Morgan fingerprint density at radius 2 is 2.00 bits per heavy atom. The van der Waals surface area contributed by atoms with Crippen LogP contribution < -0.4 is 11.5 Å². The molecule has 0 amide bonds. The molecule has 1 unspecified atom stereocenters. The van der Waals surface area contributed by atoms with Crippen LogP contribution in [0.2, 0.25) is 0 Å². The fourth-order valence-electron chi connectivity index (χ4n) is 1.18. The van der Waals surface area contributed by atoms with E-state index < -0.39 is 17.7 Å². The Morgan fingerprint density at radius 1 is 1.38 bits per heavy atom. The summed E-state index contributed by atoms with van der Waals surface area (Å²) in [5.41, 5.74) is 11.7. The molecule has 1 aromatic carbocycles. The molecule has 0 radical (unpaired) electrons. The van der Waals surface area contributed by atoms with E-state index in [0.29, 0.717) is 11.1 Å². The van der Waals surface area contributed by atoms with Crippen molar-refractivity contribution < 1.29 is 8.78 Å². The Balaban J connectivity index is 3.20. The summed E-state index contributed by atoms with van der Waals surface area (Å²) in [5.74, 6) is -1.21. The molecule has 0 saturated carbocycles. The van der Waals surface area contributed by atoms with Crippen LogP contribution in [0.25, 0.3) is 0 Å². The van der Waals surface area contributed by atoms with Crippen molar-refractivity contribution in [2.45, 2.75) is 13.0 Å². The van der Waals surface area contributed by atoms with Crippen molar-refractivity contribution in [3.8, 4) is 0 Å². The van der Waals surface area contributed by atoms with Gasteiger partial charge < -0.3 is 11.5 Å². The van der Waals surface area contributed by atoms with Gasteiger partial charge in [-0.05, 0) is 24.1 Å². The minimum absolute atomic E-state index is 0.170. The van der Waals surface area contributed by atoms with E-state index in [4.69, 9.17) is 11.5 Å². The Labute approximate surface area is 75.5 Å². The smallest absolute Gasteiger partial charge is 0.129 e. The van der Waals surface area contributed by atoms with Crippen LogP contribution in [0.5, 0.6) is 0 Å². The minimum Gasteiger partial charge on any atom is -0.329 e. The average molecular weight is 186 g/mol. The fourth-order valence-corrected chi connectivity index (χ4v) is 1.18. The second-order valence-corrected chi connectivity index (χ2v) is 2.94. The summed E-state index contributed by atoms with van der Waals surface area (Å²) in [4.78, 5) is 0. The van der Waals surface area contributed by atoms with Gasteiger partial charge in [-0.15, -0.1) is 0 Å². The SMILES string of the molecule is Cc1c(F)cc(F)cc1C(N)CN. The maximum atomic E-state index is 13.0. The highest BCUT2D eigenvalue weighted by Gasteiger charge is 2.12. The summed E-state index contributed by atoms with van der Waals surface area (Å²) in [7, 11) is 0. The molecule has 0 aliphatic heterocycles. The standard InChI is InChI=1S/C9H12F2N2/c1-5-7(9(13)4-12)2-6(10)3-8(5)11/h2-3,9H,4,12-13H2,1H3. The Bertz CT molecular complexity index is 313. The summed E-state index contributed by atoms with van der Waals surface area (Å²) >= 11 is 0. The van der Waals surface area contributed by atoms with Gasteiger partial charge in [0, 0.05) is 18.7 Å². The molecule has 0 fully saturated rings. The number of halogens is 2. The van der Waals surface area contributed by atoms with Crippen LogP contribution in [0, 0.1) is 18.6 Å². The van der Waals surface area contributed by atoms with Crippen molar-refractivity contribution in [1.82, 2.24) is 0 Å². The van der Waals surface area contributed by atoms with E-state index in [1.165, 1.54) is 6.07 Å². The summed E-state index contributed by atoms with van der Waals surface area (Å²) in [5, 5.41) is 0. The predicted octanol–water partition coefficient (Wildman–Crippen LogP) is 1.23. The average Bonchev–Trinajstić information content (AvgIpc) is 2.10. The van der Waals surface area contributed by atoms with E-state index in [-0.39, 0.29) is 6.54 Å². The van der Waals surface area contributed by atoms with Crippen molar-refractivity contribution >= 4 is 0 Å². The molecule has 0 spiro atoms. The molecule has 0 aliphatic rings. The molecular formula is C9H12F2N2. The molecule has 1 rings (SSSR count). The van der Waals surface area contributed by atoms with Crippen molar-refractivity contribution in [2.75, 3.05) is 6.54 Å². The zero-order chi connectivity index (χ0) is 10.0. The first kappa shape index (κ1) is 10.1. The highest BCUT2D eigenvalue weighted by atomic mass is 19.1. The van der Waals surface area contributed by atoms with Crippen LogP contribution in [-0.4, -0.2) is 6.54 Å². The zero-order valence-corrected chi connectivity index (χ0v) is 7.35. The Kier molecular flexibility index (Phi) is 2.95. The number of benzene rings is 1. The highest BCUT2D eigenvalue weighted by Crippen LogP contribution is 2.19. The van der Waals surface area contributed by atoms with E-state index >= 15 is 0 Å². The van der Waals surface area contributed by atoms with E-state index in [0.717, 1.165) is 6.07 Å². The van der Waals surface area contributed by atoms with Gasteiger partial charge in [-0.25, -0.2) is 8.78 Å². The highest BCUT2D eigenvalue weighted by molar-refractivity contribution is 5.30. The van der Waals surface area contributed by atoms with Crippen LogP contribution in [0.15, 0.2) is 12.1 Å². The molecule has 0 bridgehead atoms. The topological polar surface area (TPSA) is 52.0 Å². The van der Waals surface area contributed by atoms with Gasteiger partial charge in [0.2, 0.25) is 0 Å². The van der Waals surface area contributed by atoms with Crippen LogP contribution in [0.3, 0.4) is 0 Å². The summed E-state index contributed by atoms with van der Waals surface area (Å²) in [6.07, 6.45) is 0. The van der Waals surface area contributed by atoms with Gasteiger partial charge in [0.15, 0.2) is 0 Å². The first-order valence-corrected chi connectivity index (χ1v) is 3.97. The van der Waals surface area contributed by atoms with E-state index in [2.05, 4.69) is 0 Å². The predicted molar refractivity (Wildman–Crippen MR) is 47.1 cm³/mol. The molecule has 0 saturated heterocycles. The quantitative estimate of drug-likeness (QED) is 0.729. The molecule has 0 aromatic heterocycles. The molecular weight excluding hydrogens is 174 g/mol. The maximum absolute atomic E-state index is 13.0. The summed E-state index contributed by atoms with van der Waals surface area (Å²) in [6, 6.07) is 1.54. The normalized spacial score (nSPS) is 13.0. The zero-order valence-electron chi connectivity index (χ0n) is 7.35. The minimum atomic E-state index is -0.623. The van der Waals surface area contributed by atoms with E-state index in [1.54, 1.807) is 6.92 Å². The molecule has 72 valence electrons. The summed E-state index contributed by atoms with van der Waals surface area (Å²) in [6.45, 7) is 1.73. The van der Waals surface area contributed by atoms with Crippen molar-refractivity contribution in [3.05, 3.63) is 34.9 Å². The van der Waals surface area contributed by atoms with Crippen LogP contribution >= 0.6 is 0 Å². The first-order chi connectivity index (χ1) is 6.06. The van der Waals surface area contributed by atoms with Crippen molar-refractivity contribution in [3.63, 3.8) is 0 Å². The lowest BCUT2D eigenvalue weighted by molar-refractivity contribution is 0.566. The van der Waals surface area contributed by atoms with E-state index in [1.807, 2.05) is 0 Å². The fraction of sp³-hybridized carbons (Fsp3) is 0.333. The third-order valence-corrected chi connectivity index (χ3v) is 2.00.